The normalized spacial score (nSPS) is 22.3. The third-order valence-corrected chi connectivity index (χ3v) is 8.53. The van der Waals surface area contributed by atoms with Gasteiger partial charge >= 0.3 is 0 Å². The number of nitrogens with zero attached hydrogens (tertiary/aromatic N) is 3. The van der Waals surface area contributed by atoms with Crippen LogP contribution in [0.15, 0.2) is 59.6 Å². The van der Waals surface area contributed by atoms with Crippen molar-refractivity contribution in [2.45, 2.75) is 31.2 Å². The molecule has 1 aromatic heterocycles. The first-order valence-corrected chi connectivity index (χ1v) is 12.1. The van der Waals surface area contributed by atoms with Gasteiger partial charge in [-0.1, -0.05) is 35.9 Å². The third kappa shape index (κ3) is 3.27. The summed E-state index contributed by atoms with van der Waals surface area (Å²) in [6.07, 6.45) is 3.47. The number of aromatic nitrogens is 1. The van der Waals surface area contributed by atoms with Gasteiger partial charge in [0.25, 0.3) is 10.0 Å². The molecule has 1 unspecified atom stereocenters. The van der Waals surface area contributed by atoms with Gasteiger partial charge in [-0.15, -0.1) is 0 Å². The Kier molecular flexibility index (Phi) is 4.71. The highest BCUT2D eigenvalue weighted by molar-refractivity contribution is 7.90. The van der Waals surface area contributed by atoms with E-state index in [-0.39, 0.29) is 16.2 Å². The summed E-state index contributed by atoms with van der Waals surface area (Å²) in [7, 11) is -1.67. The summed E-state index contributed by atoms with van der Waals surface area (Å²) in [5.74, 6) is 0.204. The van der Waals surface area contributed by atoms with Gasteiger partial charge in [-0.25, -0.2) is 12.4 Å². The van der Waals surface area contributed by atoms with Crippen LogP contribution < -0.4 is 0 Å². The molecule has 1 amide bonds. The lowest BCUT2D eigenvalue weighted by Crippen LogP contribution is -2.36. The molecule has 31 heavy (non-hydrogen) atoms. The molecule has 5 rings (SSSR count). The molecule has 2 aliphatic rings. The monoisotopic (exact) mass is 437 g/mol. The van der Waals surface area contributed by atoms with E-state index in [0.717, 1.165) is 49.0 Å². The fourth-order valence-corrected chi connectivity index (χ4v) is 6.47. The molecule has 0 bridgehead atoms. The number of aryl methyl sites for hydroxylation is 1. The minimum Gasteiger partial charge on any atom is -0.338 e. The highest BCUT2D eigenvalue weighted by Gasteiger charge is 2.49. The predicted molar refractivity (Wildman–Crippen MR) is 120 cm³/mol. The van der Waals surface area contributed by atoms with Crippen LogP contribution in [0.25, 0.3) is 10.9 Å². The Labute approximate surface area is 183 Å². The molecule has 1 spiro atoms. The van der Waals surface area contributed by atoms with Gasteiger partial charge < -0.3 is 9.80 Å². The van der Waals surface area contributed by atoms with Gasteiger partial charge in [0.15, 0.2) is 0 Å². The number of fused-ring (bicyclic) bond motifs is 1. The molecule has 0 N–H and O–H groups in total. The van der Waals surface area contributed by atoms with Crippen molar-refractivity contribution in [2.24, 2.45) is 5.41 Å². The van der Waals surface area contributed by atoms with Gasteiger partial charge in [-0.2, -0.15) is 0 Å². The van der Waals surface area contributed by atoms with Crippen molar-refractivity contribution in [3.63, 3.8) is 0 Å². The van der Waals surface area contributed by atoms with Crippen LogP contribution in [0, 0.1) is 12.3 Å². The predicted octanol–water partition coefficient (Wildman–Crippen LogP) is 3.24. The highest BCUT2D eigenvalue weighted by Crippen LogP contribution is 2.41. The van der Waals surface area contributed by atoms with E-state index in [9.17, 15) is 13.2 Å². The van der Waals surface area contributed by atoms with Gasteiger partial charge in [0, 0.05) is 31.2 Å². The summed E-state index contributed by atoms with van der Waals surface area (Å²) >= 11 is 0. The number of benzene rings is 2. The minimum absolute atomic E-state index is 0.204. The summed E-state index contributed by atoms with van der Waals surface area (Å²) in [6, 6.07) is 14.4. The van der Waals surface area contributed by atoms with Crippen LogP contribution in [-0.2, 0) is 21.4 Å². The van der Waals surface area contributed by atoms with E-state index in [2.05, 4.69) is 11.9 Å². The molecule has 162 valence electrons. The van der Waals surface area contributed by atoms with Gasteiger partial charge in [0.05, 0.1) is 15.8 Å². The van der Waals surface area contributed by atoms with Crippen molar-refractivity contribution < 1.29 is 13.2 Å². The minimum atomic E-state index is -3.73. The first-order valence-electron chi connectivity index (χ1n) is 10.7. The second-order valence-corrected chi connectivity index (χ2v) is 10.8. The summed E-state index contributed by atoms with van der Waals surface area (Å²) < 4.78 is 28.1. The van der Waals surface area contributed by atoms with Gasteiger partial charge in [0.2, 0.25) is 5.91 Å². The molecular formula is C24H27N3O3S. The number of para-hydroxylation sites is 1. The first kappa shape index (κ1) is 20.3. The zero-order chi connectivity index (χ0) is 21.8. The Balaban J connectivity index is 1.52. The number of carbonyl (C=O) groups excluding carboxylic acids is 1. The highest BCUT2D eigenvalue weighted by atomic mass is 32.2. The Bertz CT molecular complexity index is 1260. The number of carbonyl (C=O) groups is 1. The lowest BCUT2D eigenvalue weighted by atomic mass is 9.85. The molecule has 0 saturated carbocycles. The molecule has 2 saturated heterocycles. The second-order valence-electron chi connectivity index (χ2n) is 9.03. The number of hydrogen-bond donors (Lipinski definition) is 0. The van der Waals surface area contributed by atoms with Crippen LogP contribution in [0.1, 0.15) is 24.0 Å². The zero-order valence-electron chi connectivity index (χ0n) is 17.9. The molecule has 0 radical (unpaired) electrons. The molecular weight excluding hydrogens is 410 g/mol. The van der Waals surface area contributed by atoms with Crippen molar-refractivity contribution >= 4 is 26.8 Å². The van der Waals surface area contributed by atoms with Gasteiger partial charge in [0.1, 0.15) is 0 Å². The standard InChI is InChI=1S/C24H27N3O3S/c1-18-7-9-20(10-8-18)31(29,30)27-16-19(21-5-3-4-6-22(21)27)15-26-14-12-24(23(26)28)11-13-25(2)17-24/h3-10,16H,11-15,17H2,1-2H3. The van der Waals surface area contributed by atoms with E-state index in [1.165, 1.54) is 3.97 Å². The van der Waals surface area contributed by atoms with E-state index < -0.39 is 10.0 Å². The Morgan fingerprint density at radius 2 is 1.71 bits per heavy atom. The van der Waals surface area contributed by atoms with Crippen LogP contribution in [0.4, 0.5) is 0 Å². The zero-order valence-corrected chi connectivity index (χ0v) is 18.7. The quantitative estimate of drug-likeness (QED) is 0.629. The van der Waals surface area contributed by atoms with E-state index in [4.69, 9.17) is 0 Å². The van der Waals surface area contributed by atoms with Crippen LogP contribution in [0.3, 0.4) is 0 Å². The lowest BCUT2D eigenvalue weighted by Gasteiger charge is -2.22. The molecule has 6 nitrogen and oxygen atoms in total. The van der Waals surface area contributed by atoms with E-state index >= 15 is 0 Å². The van der Waals surface area contributed by atoms with Crippen LogP contribution in [0.2, 0.25) is 0 Å². The van der Waals surface area contributed by atoms with Crippen molar-refractivity contribution in [3.05, 3.63) is 65.9 Å². The van der Waals surface area contributed by atoms with Crippen molar-refractivity contribution in [1.29, 1.82) is 0 Å². The molecule has 2 aliphatic heterocycles. The topological polar surface area (TPSA) is 62.6 Å². The maximum Gasteiger partial charge on any atom is 0.268 e. The maximum atomic E-state index is 13.4. The van der Waals surface area contributed by atoms with Crippen LogP contribution in [0.5, 0.6) is 0 Å². The van der Waals surface area contributed by atoms with E-state index in [0.29, 0.717) is 12.1 Å². The summed E-state index contributed by atoms with van der Waals surface area (Å²) in [5.41, 5.74) is 2.25. The largest absolute Gasteiger partial charge is 0.338 e. The molecule has 3 aromatic rings. The molecule has 1 atom stereocenters. The molecule has 7 heteroatoms. The van der Waals surface area contributed by atoms with Crippen molar-refractivity contribution in [2.75, 3.05) is 26.7 Å². The number of hydrogen-bond acceptors (Lipinski definition) is 4. The average Bonchev–Trinajstić information content (AvgIpc) is 3.41. The smallest absolute Gasteiger partial charge is 0.268 e. The second kappa shape index (κ2) is 7.21. The fraction of sp³-hybridized carbons (Fsp3) is 0.375. The number of rotatable bonds is 4. The summed E-state index contributed by atoms with van der Waals surface area (Å²) in [5, 5.41) is 0.871. The maximum absolute atomic E-state index is 13.4. The fourth-order valence-electron chi connectivity index (χ4n) is 5.07. The lowest BCUT2D eigenvalue weighted by molar-refractivity contribution is -0.136. The number of likely N-dealkylation sites (tertiary alicyclic amines) is 2. The van der Waals surface area contributed by atoms with Gasteiger partial charge in [-0.3, -0.25) is 4.79 Å². The molecule has 0 aliphatic carbocycles. The first-order chi connectivity index (χ1) is 14.8. The summed E-state index contributed by atoms with van der Waals surface area (Å²) in [4.78, 5) is 17.6. The average molecular weight is 438 g/mol. The van der Waals surface area contributed by atoms with Crippen molar-refractivity contribution in [3.8, 4) is 0 Å². The van der Waals surface area contributed by atoms with Crippen molar-refractivity contribution in [1.82, 2.24) is 13.8 Å². The Morgan fingerprint density at radius 1 is 1.00 bits per heavy atom. The van der Waals surface area contributed by atoms with E-state index in [1.807, 2.05) is 36.1 Å². The molecule has 2 aromatic carbocycles. The Hall–Kier alpha value is -2.64. The van der Waals surface area contributed by atoms with Crippen LogP contribution >= 0.6 is 0 Å². The molecule has 3 heterocycles. The SMILES string of the molecule is Cc1ccc(S(=O)(=O)n2cc(CN3CCC4(CCN(C)C4)C3=O)c3ccccc32)cc1. The van der Waals surface area contributed by atoms with Gasteiger partial charge in [-0.05, 0) is 57.1 Å². The summed E-state index contributed by atoms with van der Waals surface area (Å²) in [6.45, 7) is 4.85. The van der Waals surface area contributed by atoms with Crippen LogP contribution in [-0.4, -0.2) is 54.8 Å². The Morgan fingerprint density at radius 3 is 2.42 bits per heavy atom. The third-order valence-electron chi connectivity index (χ3n) is 6.85. The number of amides is 1. The molecule has 2 fully saturated rings. The van der Waals surface area contributed by atoms with E-state index in [1.54, 1.807) is 30.5 Å².